The number of piperidine rings is 1. The zero-order valence-corrected chi connectivity index (χ0v) is 17.1. The fourth-order valence-corrected chi connectivity index (χ4v) is 5.36. The molecule has 142 valence electrons. The zero-order chi connectivity index (χ0) is 18.9. The van der Waals surface area contributed by atoms with Gasteiger partial charge in [-0.2, -0.15) is 4.98 Å². The molecule has 4 aromatic rings. The number of aromatic nitrogens is 4. The van der Waals surface area contributed by atoms with Crippen molar-refractivity contribution in [3.8, 4) is 11.4 Å². The second kappa shape index (κ2) is 7.58. The van der Waals surface area contributed by atoms with Gasteiger partial charge in [-0.05, 0) is 37.2 Å². The highest BCUT2D eigenvalue weighted by Crippen LogP contribution is 2.28. The third-order valence-corrected chi connectivity index (χ3v) is 6.89. The van der Waals surface area contributed by atoms with Gasteiger partial charge in [0.05, 0.1) is 16.8 Å². The number of aromatic amines is 1. The number of nitrogens with zero attached hydrogens (tertiary/aromatic N) is 3. The first-order valence-electron chi connectivity index (χ1n) is 9.70. The molecule has 0 amide bonds. The van der Waals surface area contributed by atoms with Crippen LogP contribution in [0.3, 0.4) is 0 Å². The molecule has 3 heterocycles. The van der Waals surface area contributed by atoms with Gasteiger partial charge >= 0.3 is 0 Å². The van der Waals surface area contributed by atoms with Gasteiger partial charge in [-0.25, -0.2) is 9.67 Å². The second-order valence-electron chi connectivity index (χ2n) is 7.28. The Morgan fingerprint density at radius 2 is 1.89 bits per heavy atom. The van der Waals surface area contributed by atoms with Gasteiger partial charge in [-0.15, -0.1) is 11.3 Å². The summed E-state index contributed by atoms with van der Waals surface area (Å²) in [5.74, 6) is 0.832. The second-order valence-corrected chi connectivity index (χ2v) is 8.71. The molecular formula is C21H22N5S2+. The average molecular weight is 409 g/mol. The van der Waals surface area contributed by atoms with Crippen LogP contribution in [0.5, 0.6) is 0 Å². The highest BCUT2D eigenvalue weighted by Gasteiger charge is 2.31. The first-order valence-corrected chi connectivity index (χ1v) is 10.9. The number of quaternary nitrogens is 1. The van der Waals surface area contributed by atoms with Crippen LogP contribution in [0.2, 0.25) is 0 Å². The predicted octanol–water partition coefficient (Wildman–Crippen LogP) is 3.98. The van der Waals surface area contributed by atoms with Gasteiger partial charge in [0, 0.05) is 12.0 Å². The molecular weight excluding hydrogens is 386 g/mol. The maximum absolute atomic E-state index is 5.54. The number of para-hydroxylation sites is 1. The largest absolute Gasteiger partial charge is 0.308 e. The van der Waals surface area contributed by atoms with Gasteiger partial charge in [-0.1, -0.05) is 42.5 Å². The SMILES string of the molecule is S=c1nc(-c2ccccc2)[nH]n1C[NH+]1CCCC[C@@H]1c1nc2ccccc2s1. The maximum atomic E-state index is 5.54. The summed E-state index contributed by atoms with van der Waals surface area (Å²) in [6.45, 7) is 1.92. The van der Waals surface area contributed by atoms with E-state index in [1.54, 1.807) is 0 Å². The Morgan fingerprint density at radius 3 is 2.75 bits per heavy atom. The summed E-state index contributed by atoms with van der Waals surface area (Å²) in [7, 11) is 0. The number of fused-ring (bicyclic) bond motifs is 1. The minimum absolute atomic E-state index is 0.413. The molecule has 0 radical (unpaired) electrons. The van der Waals surface area contributed by atoms with Crippen molar-refractivity contribution in [1.29, 1.82) is 0 Å². The number of H-pyrrole nitrogens is 1. The van der Waals surface area contributed by atoms with Crippen LogP contribution >= 0.6 is 23.6 Å². The monoisotopic (exact) mass is 408 g/mol. The van der Waals surface area contributed by atoms with Crippen molar-refractivity contribution < 1.29 is 4.90 Å². The van der Waals surface area contributed by atoms with Crippen LogP contribution in [-0.4, -0.2) is 26.3 Å². The van der Waals surface area contributed by atoms with Crippen molar-refractivity contribution in [3.05, 3.63) is 64.4 Å². The molecule has 1 fully saturated rings. The molecule has 28 heavy (non-hydrogen) atoms. The smallest absolute Gasteiger partial charge is 0.221 e. The molecule has 1 aliphatic rings. The van der Waals surface area contributed by atoms with Crippen LogP contribution in [0.15, 0.2) is 54.6 Å². The van der Waals surface area contributed by atoms with Crippen molar-refractivity contribution in [2.45, 2.75) is 32.0 Å². The summed E-state index contributed by atoms with van der Waals surface area (Å²) in [4.78, 5) is 11.0. The van der Waals surface area contributed by atoms with Gasteiger partial charge in [0.1, 0.15) is 6.04 Å². The summed E-state index contributed by atoms with van der Waals surface area (Å²) >= 11 is 7.37. The van der Waals surface area contributed by atoms with E-state index in [1.807, 2.05) is 34.2 Å². The number of likely N-dealkylation sites (tertiary alicyclic amines) is 1. The molecule has 0 saturated carbocycles. The number of nitrogens with one attached hydrogen (secondary N) is 2. The minimum Gasteiger partial charge on any atom is -0.308 e. The van der Waals surface area contributed by atoms with E-state index in [9.17, 15) is 0 Å². The van der Waals surface area contributed by atoms with Gasteiger partial charge in [-0.3, -0.25) is 5.10 Å². The van der Waals surface area contributed by atoms with Crippen LogP contribution in [-0.2, 0) is 6.67 Å². The molecule has 5 rings (SSSR count). The van der Waals surface area contributed by atoms with Crippen molar-refractivity contribution >= 4 is 33.8 Å². The third kappa shape index (κ3) is 3.41. The van der Waals surface area contributed by atoms with E-state index >= 15 is 0 Å². The summed E-state index contributed by atoms with van der Waals surface area (Å²) in [6, 6.07) is 19.0. The number of hydrogen-bond donors (Lipinski definition) is 2. The van der Waals surface area contributed by atoms with Gasteiger partial charge in [0.25, 0.3) is 0 Å². The summed E-state index contributed by atoms with van der Waals surface area (Å²) in [5, 5.41) is 4.65. The Kier molecular flexibility index (Phi) is 4.80. The van der Waals surface area contributed by atoms with Gasteiger partial charge < -0.3 is 4.90 Å². The first-order chi connectivity index (χ1) is 13.8. The molecule has 2 N–H and O–H groups in total. The number of thiazole rings is 1. The third-order valence-electron chi connectivity index (χ3n) is 5.43. The molecule has 2 aromatic heterocycles. The van der Waals surface area contributed by atoms with Crippen molar-refractivity contribution in [3.63, 3.8) is 0 Å². The lowest BCUT2D eigenvalue weighted by Crippen LogP contribution is -3.12. The average Bonchev–Trinajstić information content (AvgIpc) is 3.33. The van der Waals surface area contributed by atoms with Gasteiger partial charge in [0.2, 0.25) is 4.77 Å². The highest BCUT2D eigenvalue weighted by atomic mass is 32.1. The van der Waals surface area contributed by atoms with Crippen LogP contribution in [0.1, 0.15) is 30.3 Å². The fraction of sp³-hybridized carbons (Fsp3) is 0.286. The molecule has 1 aliphatic heterocycles. The van der Waals surface area contributed by atoms with Crippen LogP contribution < -0.4 is 4.90 Å². The van der Waals surface area contributed by atoms with E-state index < -0.39 is 0 Å². The van der Waals surface area contributed by atoms with Crippen molar-refractivity contribution in [2.24, 2.45) is 0 Å². The Morgan fingerprint density at radius 1 is 1.07 bits per heavy atom. The molecule has 0 spiro atoms. The molecule has 0 bridgehead atoms. The topological polar surface area (TPSA) is 50.9 Å². The van der Waals surface area contributed by atoms with Crippen molar-refractivity contribution in [2.75, 3.05) is 6.54 Å². The zero-order valence-electron chi connectivity index (χ0n) is 15.5. The normalized spacial score (nSPS) is 19.9. The van der Waals surface area contributed by atoms with E-state index in [0.717, 1.165) is 30.1 Å². The van der Waals surface area contributed by atoms with Crippen molar-refractivity contribution in [1.82, 2.24) is 19.7 Å². The Hall–Kier alpha value is -2.35. The molecule has 7 heteroatoms. The summed E-state index contributed by atoms with van der Waals surface area (Å²) < 4.78 is 3.89. The van der Waals surface area contributed by atoms with E-state index in [2.05, 4.69) is 46.5 Å². The lowest BCUT2D eigenvalue weighted by atomic mass is 10.0. The van der Waals surface area contributed by atoms with Crippen LogP contribution in [0, 0.1) is 4.77 Å². The van der Waals surface area contributed by atoms with Crippen LogP contribution in [0.4, 0.5) is 0 Å². The van der Waals surface area contributed by atoms with E-state index in [-0.39, 0.29) is 0 Å². The Balaban J connectivity index is 1.43. The predicted molar refractivity (Wildman–Crippen MR) is 115 cm³/mol. The lowest BCUT2D eigenvalue weighted by Gasteiger charge is -2.31. The van der Waals surface area contributed by atoms with Crippen LogP contribution in [0.25, 0.3) is 21.6 Å². The fourth-order valence-electron chi connectivity index (χ4n) is 4.00. The highest BCUT2D eigenvalue weighted by molar-refractivity contribution is 7.71. The Labute approximate surface area is 172 Å². The summed E-state index contributed by atoms with van der Waals surface area (Å²) in [5.41, 5.74) is 2.17. The standard InChI is InChI=1S/C21H21N5S2/c27-21-23-19(15-8-2-1-3-9-15)24-26(21)14-25-13-7-6-11-17(25)20-22-16-10-4-5-12-18(16)28-20/h1-5,8-10,12,17H,6-7,11,13-14H2,(H,23,24,27)/p+1/t17-/m1/s1. The molecule has 0 aliphatic carbocycles. The van der Waals surface area contributed by atoms with E-state index in [4.69, 9.17) is 17.2 Å². The van der Waals surface area contributed by atoms with E-state index in [0.29, 0.717) is 10.8 Å². The molecule has 1 unspecified atom stereocenters. The number of hydrogen-bond acceptors (Lipinski definition) is 4. The number of benzene rings is 2. The molecule has 1 saturated heterocycles. The lowest BCUT2D eigenvalue weighted by molar-refractivity contribution is -0.959. The molecule has 5 nitrogen and oxygen atoms in total. The summed E-state index contributed by atoms with van der Waals surface area (Å²) in [6.07, 6.45) is 3.67. The Bertz CT molecular complexity index is 1110. The quantitative estimate of drug-likeness (QED) is 0.502. The molecule has 2 aromatic carbocycles. The maximum Gasteiger partial charge on any atom is 0.221 e. The molecule has 2 atom stereocenters. The first kappa shape index (κ1) is 17.7. The van der Waals surface area contributed by atoms with E-state index in [1.165, 1.54) is 33.9 Å². The van der Waals surface area contributed by atoms with Gasteiger partial charge in [0.15, 0.2) is 17.5 Å². The minimum atomic E-state index is 0.413. The number of rotatable bonds is 4.